The van der Waals surface area contributed by atoms with Crippen LogP contribution in [-0.4, -0.2) is 10.8 Å². The Balaban J connectivity index is 0.00000112. The predicted molar refractivity (Wildman–Crippen MR) is 70.1 cm³/mol. The molecule has 3 heteroatoms. The Morgan fingerprint density at radius 3 is 2.40 bits per heavy atom. The van der Waals surface area contributed by atoms with Crippen molar-refractivity contribution in [2.75, 3.05) is 5.88 Å². The standard InChI is InChI=1S/C12H15NS.ClH/c1-10-11(2)14-9-13(10)8-12-6-4-3-5-7-12;/h3-7H,8-9H2,1-2H3;1H. The van der Waals surface area contributed by atoms with E-state index in [0.29, 0.717) is 0 Å². The Kier molecular flexibility index (Phi) is 4.55. The fourth-order valence-corrected chi connectivity index (χ4v) is 2.54. The van der Waals surface area contributed by atoms with Crippen molar-refractivity contribution in [3.05, 3.63) is 46.5 Å². The zero-order valence-electron chi connectivity index (χ0n) is 9.06. The van der Waals surface area contributed by atoms with E-state index in [1.807, 2.05) is 11.8 Å². The minimum absolute atomic E-state index is 0. The molecule has 0 aromatic heterocycles. The van der Waals surface area contributed by atoms with Crippen LogP contribution in [0, 0.1) is 0 Å². The van der Waals surface area contributed by atoms with E-state index in [1.54, 1.807) is 0 Å². The van der Waals surface area contributed by atoms with E-state index in [9.17, 15) is 0 Å². The fourth-order valence-electron chi connectivity index (χ4n) is 1.57. The molecule has 0 aliphatic carbocycles. The lowest BCUT2D eigenvalue weighted by atomic mass is 10.2. The largest absolute Gasteiger partial charge is 0.360 e. The molecule has 0 radical (unpaired) electrons. The van der Waals surface area contributed by atoms with Crippen LogP contribution in [0.25, 0.3) is 0 Å². The quantitative estimate of drug-likeness (QED) is 0.774. The molecule has 1 aliphatic rings. The first-order valence-corrected chi connectivity index (χ1v) is 5.85. The summed E-state index contributed by atoms with van der Waals surface area (Å²) in [6, 6.07) is 10.6. The molecule has 0 unspecified atom stereocenters. The van der Waals surface area contributed by atoms with Crippen molar-refractivity contribution >= 4 is 24.2 Å². The summed E-state index contributed by atoms with van der Waals surface area (Å²) in [5.74, 6) is 1.10. The van der Waals surface area contributed by atoms with Crippen LogP contribution < -0.4 is 0 Å². The summed E-state index contributed by atoms with van der Waals surface area (Å²) in [4.78, 5) is 3.89. The molecular weight excluding hydrogens is 226 g/mol. The van der Waals surface area contributed by atoms with Gasteiger partial charge in [0.25, 0.3) is 0 Å². The van der Waals surface area contributed by atoms with Gasteiger partial charge in [-0.15, -0.1) is 24.2 Å². The monoisotopic (exact) mass is 241 g/mol. The second-order valence-corrected chi connectivity index (χ2v) is 4.76. The summed E-state index contributed by atoms with van der Waals surface area (Å²) in [5, 5.41) is 0. The van der Waals surface area contributed by atoms with Crippen LogP contribution in [0.4, 0.5) is 0 Å². The number of nitrogens with zero attached hydrogens (tertiary/aromatic N) is 1. The minimum Gasteiger partial charge on any atom is -0.360 e. The van der Waals surface area contributed by atoms with Gasteiger partial charge in [-0.3, -0.25) is 0 Å². The van der Waals surface area contributed by atoms with Gasteiger partial charge in [0.05, 0.1) is 5.88 Å². The summed E-state index contributed by atoms with van der Waals surface area (Å²) in [6.45, 7) is 5.44. The average molecular weight is 242 g/mol. The van der Waals surface area contributed by atoms with Gasteiger partial charge in [0, 0.05) is 17.1 Å². The van der Waals surface area contributed by atoms with Crippen molar-refractivity contribution in [3.63, 3.8) is 0 Å². The van der Waals surface area contributed by atoms with Crippen molar-refractivity contribution in [2.24, 2.45) is 0 Å². The summed E-state index contributed by atoms with van der Waals surface area (Å²) >= 11 is 1.94. The molecule has 0 bridgehead atoms. The Morgan fingerprint density at radius 1 is 1.20 bits per heavy atom. The maximum Gasteiger partial charge on any atom is 0.0684 e. The first kappa shape index (κ1) is 12.5. The number of allylic oxidation sites excluding steroid dienone is 2. The Hall–Kier alpha value is -0.600. The van der Waals surface area contributed by atoms with Crippen molar-refractivity contribution < 1.29 is 0 Å². The number of halogens is 1. The second-order valence-electron chi connectivity index (χ2n) is 3.60. The van der Waals surface area contributed by atoms with Gasteiger partial charge in [-0.05, 0) is 19.4 Å². The third-order valence-corrected chi connectivity index (χ3v) is 3.81. The Bertz CT molecular complexity index is 348. The van der Waals surface area contributed by atoms with Gasteiger partial charge in [0.1, 0.15) is 0 Å². The SMILES string of the molecule is CC1=C(C)N(Cc2ccccc2)CS1.Cl. The van der Waals surface area contributed by atoms with E-state index in [4.69, 9.17) is 0 Å². The van der Waals surface area contributed by atoms with Crippen LogP contribution in [0.15, 0.2) is 40.9 Å². The van der Waals surface area contributed by atoms with Crippen LogP contribution in [0.2, 0.25) is 0 Å². The maximum atomic E-state index is 2.43. The molecule has 1 nitrogen and oxygen atoms in total. The minimum atomic E-state index is 0. The first-order chi connectivity index (χ1) is 6.77. The highest BCUT2D eigenvalue weighted by Crippen LogP contribution is 2.31. The smallest absolute Gasteiger partial charge is 0.0684 e. The summed E-state index contributed by atoms with van der Waals surface area (Å²) < 4.78 is 0. The highest BCUT2D eigenvalue weighted by Gasteiger charge is 2.15. The lowest BCUT2D eigenvalue weighted by molar-refractivity contribution is 0.403. The predicted octanol–water partition coefficient (Wildman–Crippen LogP) is 3.87. The van der Waals surface area contributed by atoms with Crippen molar-refractivity contribution in [1.29, 1.82) is 0 Å². The maximum absolute atomic E-state index is 2.43. The van der Waals surface area contributed by atoms with E-state index < -0.39 is 0 Å². The molecule has 0 N–H and O–H groups in total. The summed E-state index contributed by atoms with van der Waals surface area (Å²) in [5.41, 5.74) is 2.82. The van der Waals surface area contributed by atoms with Crippen LogP contribution in [0.5, 0.6) is 0 Å². The van der Waals surface area contributed by atoms with Crippen LogP contribution in [-0.2, 0) is 6.54 Å². The van der Waals surface area contributed by atoms with Gasteiger partial charge < -0.3 is 4.90 Å². The molecule has 2 rings (SSSR count). The molecule has 15 heavy (non-hydrogen) atoms. The van der Waals surface area contributed by atoms with Gasteiger partial charge in [-0.1, -0.05) is 30.3 Å². The lowest BCUT2D eigenvalue weighted by Gasteiger charge is -2.19. The van der Waals surface area contributed by atoms with Gasteiger partial charge in [0.15, 0.2) is 0 Å². The van der Waals surface area contributed by atoms with Crippen LogP contribution >= 0.6 is 24.2 Å². The number of hydrogen-bond donors (Lipinski definition) is 0. The molecule has 1 aromatic rings. The van der Waals surface area contributed by atoms with E-state index in [-0.39, 0.29) is 12.4 Å². The molecule has 1 aromatic carbocycles. The average Bonchev–Trinajstić information content (AvgIpc) is 2.52. The summed E-state index contributed by atoms with van der Waals surface area (Å²) in [7, 11) is 0. The molecule has 1 heterocycles. The van der Waals surface area contributed by atoms with Crippen molar-refractivity contribution in [2.45, 2.75) is 20.4 Å². The van der Waals surface area contributed by atoms with Gasteiger partial charge in [0.2, 0.25) is 0 Å². The molecular formula is C12H16ClNS. The normalized spacial score (nSPS) is 15.5. The van der Waals surface area contributed by atoms with Gasteiger partial charge in [-0.25, -0.2) is 0 Å². The molecule has 0 fully saturated rings. The number of hydrogen-bond acceptors (Lipinski definition) is 2. The van der Waals surface area contributed by atoms with Crippen molar-refractivity contribution in [1.82, 2.24) is 4.90 Å². The van der Waals surface area contributed by atoms with Gasteiger partial charge >= 0.3 is 0 Å². The molecule has 1 aliphatic heterocycles. The third-order valence-electron chi connectivity index (χ3n) is 2.64. The lowest BCUT2D eigenvalue weighted by Crippen LogP contribution is -2.16. The van der Waals surface area contributed by atoms with Crippen LogP contribution in [0.3, 0.4) is 0 Å². The number of rotatable bonds is 2. The molecule has 0 atom stereocenters. The zero-order valence-corrected chi connectivity index (χ0v) is 10.7. The number of benzene rings is 1. The molecule has 82 valence electrons. The fraction of sp³-hybridized carbons (Fsp3) is 0.333. The van der Waals surface area contributed by atoms with Gasteiger partial charge in [-0.2, -0.15) is 0 Å². The van der Waals surface area contributed by atoms with Crippen molar-refractivity contribution in [3.8, 4) is 0 Å². The second kappa shape index (κ2) is 5.47. The third kappa shape index (κ3) is 2.93. The van der Waals surface area contributed by atoms with E-state index in [0.717, 1.165) is 12.4 Å². The Labute approximate surface area is 102 Å². The Morgan fingerprint density at radius 2 is 1.87 bits per heavy atom. The zero-order chi connectivity index (χ0) is 9.97. The summed E-state index contributed by atoms with van der Waals surface area (Å²) in [6.07, 6.45) is 0. The molecule has 0 spiro atoms. The van der Waals surface area contributed by atoms with E-state index >= 15 is 0 Å². The first-order valence-electron chi connectivity index (χ1n) is 4.86. The number of thioether (sulfide) groups is 1. The highest BCUT2D eigenvalue weighted by atomic mass is 35.5. The molecule has 0 saturated carbocycles. The molecule has 0 amide bonds. The van der Waals surface area contributed by atoms with E-state index in [2.05, 4.69) is 49.1 Å². The van der Waals surface area contributed by atoms with E-state index in [1.165, 1.54) is 16.2 Å². The highest BCUT2D eigenvalue weighted by molar-refractivity contribution is 8.03. The topological polar surface area (TPSA) is 3.24 Å². The molecule has 0 saturated heterocycles. The van der Waals surface area contributed by atoms with Crippen LogP contribution in [0.1, 0.15) is 19.4 Å².